The van der Waals surface area contributed by atoms with E-state index in [0.717, 1.165) is 57.9 Å². The van der Waals surface area contributed by atoms with Gasteiger partial charge in [0.15, 0.2) is 0 Å². The first-order valence-electron chi connectivity index (χ1n) is 9.17. The molecule has 2 amide bonds. The van der Waals surface area contributed by atoms with Crippen LogP contribution in [0.1, 0.15) is 64.7 Å². The molecule has 6 heteroatoms. The SMILES string of the molecule is CCCCOC(=O)NC(NC(=O)[C@@H]1CCCN1)C1CCCCC1. The minimum atomic E-state index is -0.422. The van der Waals surface area contributed by atoms with E-state index in [1.165, 1.54) is 6.42 Å². The summed E-state index contributed by atoms with van der Waals surface area (Å²) in [5.41, 5.74) is 0. The maximum absolute atomic E-state index is 12.4. The monoisotopic (exact) mass is 325 g/mol. The number of carbonyl (C=O) groups excluding carboxylic acids is 2. The molecule has 0 bridgehead atoms. The van der Waals surface area contributed by atoms with E-state index in [0.29, 0.717) is 12.5 Å². The average Bonchev–Trinajstić information content (AvgIpc) is 3.10. The summed E-state index contributed by atoms with van der Waals surface area (Å²) in [5.74, 6) is 0.291. The van der Waals surface area contributed by atoms with Crippen LogP contribution in [-0.4, -0.2) is 37.4 Å². The van der Waals surface area contributed by atoms with Gasteiger partial charge in [0.25, 0.3) is 0 Å². The van der Waals surface area contributed by atoms with Gasteiger partial charge < -0.3 is 20.7 Å². The van der Waals surface area contributed by atoms with Crippen LogP contribution in [0.15, 0.2) is 0 Å². The molecule has 2 fully saturated rings. The van der Waals surface area contributed by atoms with Crippen molar-refractivity contribution in [2.24, 2.45) is 5.92 Å². The molecule has 1 saturated carbocycles. The Labute approximate surface area is 139 Å². The molecule has 132 valence electrons. The molecule has 1 saturated heterocycles. The second-order valence-corrected chi connectivity index (χ2v) is 6.67. The number of hydrogen-bond donors (Lipinski definition) is 3. The Bertz CT molecular complexity index is 377. The normalized spacial score (nSPS) is 23.3. The molecule has 2 aliphatic rings. The standard InChI is InChI=1S/C17H31N3O3/c1-2-3-12-23-17(22)20-15(13-8-5-4-6-9-13)19-16(21)14-10-7-11-18-14/h13-15,18H,2-12H2,1H3,(H,19,21)(H,20,22)/t14-,15?/m0/s1. The van der Waals surface area contributed by atoms with E-state index in [2.05, 4.69) is 22.9 Å². The van der Waals surface area contributed by atoms with Crippen molar-refractivity contribution >= 4 is 12.0 Å². The fraction of sp³-hybridized carbons (Fsp3) is 0.882. The van der Waals surface area contributed by atoms with Crippen LogP contribution in [0.5, 0.6) is 0 Å². The third-order valence-corrected chi connectivity index (χ3v) is 4.80. The highest BCUT2D eigenvalue weighted by molar-refractivity contribution is 5.82. The highest BCUT2D eigenvalue weighted by atomic mass is 16.5. The van der Waals surface area contributed by atoms with Gasteiger partial charge in [0.1, 0.15) is 6.17 Å². The van der Waals surface area contributed by atoms with Crippen LogP contribution in [0, 0.1) is 5.92 Å². The molecular weight excluding hydrogens is 294 g/mol. The van der Waals surface area contributed by atoms with E-state index in [4.69, 9.17) is 4.74 Å². The largest absolute Gasteiger partial charge is 0.450 e. The van der Waals surface area contributed by atoms with Crippen LogP contribution in [0.25, 0.3) is 0 Å². The molecule has 0 aromatic rings. The molecule has 1 unspecified atom stereocenters. The summed E-state index contributed by atoms with van der Waals surface area (Å²) in [4.78, 5) is 24.3. The molecule has 3 N–H and O–H groups in total. The van der Waals surface area contributed by atoms with Gasteiger partial charge in [-0.1, -0.05) is 32.6 Å². The number of unbranched alkanes of at least 4 members (excludes halogenated alkanes) is 1. The summed E-state index contributed by atoms with van der Waals surface area (Å²) in [6.07, 6.45) is 8.63. The Morgan fingerprint density at radius 1 is 1.13 bits per heavy atom. The van der Waals surface area contributed by atoms with Gasteiger partial charge in [-0.15, -0.1) is 0 Å². The molecule has 1 aliphatic heterocycles. The fourth-order valence-electron chi connectivity index (χ4n) is 3.38. The third-order valence-electron chi connectivity index (χ3n) is 4.80. The van der Waals surface area contributed by atoms with E-state index in [9.17, 15) is 9.59 Å². The van der Waals surface area contributed by atoms with E-state index in [1.807, 2.05) is 0 Å². The molecule has 2 atom stereocenters. The quantitative estimate of drug-likeness (QED) is 0.496. The van der Waals surface area contributed by atoms with Crippen molar-refractivity contribution in [1.29, 1.82) is 0 Å². The number of alkyl carbamates (subject to hydrolysis) is 1. The molecule has 1 aliphatic carbocycles. The van der Waals surface area contributed by atoms with E-state index >= 15 is 0 Å². The lowest BCUT2D eigenvalue weighted by Gasteiger charge is -2.32. The third kappa shape index (κ3) is 6.01. The van der Waals surface area contributed by atoms with Crippen LogP contribution < -0.4 is 16.0 Å². The van der Waals surface area contributed by atoms with Crippen molar-refractivity contribution in [3.8, 4) is 0 Å². The zero-order valence-corrected chi connectivity index (χ0v) is 14.2. The number of rotatable bonds is 7. The zero-order chi connectivity index (χ0) is 16.5. The first-order valence-corrected chi connectivity index (χ1v) is 9.17. The first-order chi connectivity index (χ1) is 11.2. The molecule has 0 radical (unpaired) electrons. The summed E-state index contributed by atoms with van der Waals surface area (Å²) in [6, 6.07) is -0.126. The lowest BCUT2D eigenvalue weighted by atomic mass is 9.87. The summed E-state index contributed by atoms with van der Waals surface area (Å²) >= 11 is 0. The molecule has 23 heavy (non-hydrogen) atoms. The first kappa shape index (κ1) is 18.0. The van der Waals surface area contributed by atoms with Crippen molar-refractivity contribution in [2.75, 3.05) is 13.2 Å². The number of ether oxygens (including phenoxy) is 1. The second-order valence-electron chi connectivity index (χ2n) is 6.67. The van der Waals surface area contributed by atoms with E-state index in [1.54, 1.807) is 0 Å². The highest BCUT2D eigenvalue weighted by Gasteiger charge is 2.30. The van der Waals surface area contributed by atoms with Crippen LogP contribution in [0.3, 0.4) is 0 Å². The summed E-state index contributed by atoms with van der Waals surface area (Å²) in [5, 5.41) is 9.12. The number of carbonyl (C=O) groups is 2. The van der Waals surface area contributed by atoms with Gasteiger partial charge in [0.05, 0.1) is 12.6 Å². The fourth-order valence-corrected chi connectivity index (χ4v) is 3.38. The van der Waals surface area contributed by atoms with Gasteiger partial charge in [-0.2, -0.15) is 0 Å². The molecule has 0 aromatic heterocycles. The van der Waals surface area contributed by atoms with Crippen molar-refractivity contribution in [1.82, 2.24) is 16.0 Å². The van der Waals surface area contributed by atoms with Crippen LogP contribution in [0.2, 0.25) is 0 Å². The van der Waals surface area contributed by atoms with Crippen LogP contribution in [-0.2, 0) is 9.53 Å². The molecule has 0 spiro atoms. The summed E-state index contributed by atoms with van der Waals surface area (Å²) in [7, 11) is 0. The minimum absolute atomic E-state index is 0.00747. The van der Waals surface area contributed by atoms with Crippen molar-refractivity contribution in [3.05, 3.63) is 0 Å². The van der Waals surface area contributed by atoms with E-state index in [-0.39, 0.29) is 18.1 Å². The second kappa shape index (κ2) is 9.75. The minimum Gasteiger partial charge on any atom is -0.450 e. The molecule has 6 nitrogen and oxygen atoms in total. The number of nitrogens with one attached hydrogen (secondary N) is 3. The lowest BCUT2D eigenvalue weighted by Crippen LogP contribution is -2.56. The Hall–Kier alpha value is -1.30. The Morgan fingerprint density at radius 2 is 1.91 bits per heavy atom. The zero-order valence-electron chi connectivity index (χ0n) is 14.2. The van der Waals surface area contributed by atoms with Gasteiger partial charge in [-0.25, -0.2) is 4.79 Å². The van der Waals surface area contributed by atoms with Gasteiger partial charge in [0, 0.05) is 0 Å². The van der Waals surface area contributed by atoms with E-state index < -0.39 is 6.09 Å². The predicted molar refractivity (Wildman–Crippen MR) is 88.9 cm³/mol. The Balaban J connectivity index is 1.87. The van der Waals surface area contributed by atoms with Crippen molar-refractivity contribution < 1.29 is 14.3 Å². The Kier molecular flexibility index (Phi) is 7.65. The number of amides is 2. The smallest absolute Gasteiger partial charge is 0.408 e. The topological polar surface area (TPSA) is 79.5 Å². The molecule has 0 aromatic carbocycles. The number of hydrogen-bond acceptors (Lipinski definition) is 4. The van der Waals surface area contributed by atoms with Gasteiger partial charge in [0.2, 0.25) is 5.91 Å². The van der Waals surface area contributed by atoms with Crippen LogP contribution >= 0.6 is 0 Å². The summed E-state index contributed by atoms with van der Waals surface area (Å²) < 4.78 is 5.19. The molecular formula is C17H31N3O3. The predicted octanol–water partition coefficient (Wildman–Crippen LogP) is 2.29. The van der Waals surface area contributed by atoms with Crippen molar-refractivity contribution in [2.45, 2.75) is 76.9 Å². The highest BCUT2D eigenvalue weighted by Crippen LogP contribution is 2.26. The maximum Gasteiger partial charge on any atom is 0.408 e. The van der Waals surface area contributed by atoms with Gasteiger partial charge in [-0.05, 0) is 44.6 Å². The maximum atomic E-state index is 12.4. The van der Waals surface area contributed by atoms with Gasteiger partial charge in [-0.3, -0.25) is 4.79 Å². The van der Waals surface area contributed by atoms with Crippen LogP contribution in [0.4, 0.5) is 4.79 Å². The summed E-state index contributed by atoms with van der Waals surface area (Å²) in [6.45, 7) is 3.37. The Morgan fingerprint density at radius 3 is 2.57 bits per heavy atom. The van der Waals surface area contributed by atoms with Crippen molar-refractivity contribution in [3.63, 3.8) is 0 Å². The molecule has 1 heterocycles. The average molecular weight is 325 g/mol. The van der Waals surface area contributed by atoms with Gasteiger partial charge >= 0.3 is 6.09 Å². The molecule has 2 rings (SSSR count). The lowest BCUT2D eigenvalue weighted by molar-refractivity contribution is -0.124.